The number of aromatic carboxylic acids is 1. The normalized spacial score (nSPS) is 15.4. The molecule has 0 saturated heterocycles. The van der Waals surface area contributed by atoms with Crippen LogP contribution in [0.5, 0.6) is 0 Å². The Morgan fingerprint density at radius 1 is 0.310 bits per heavy atom. The number of hydrogen-bond acceptors (Lipinski definition) is 1. The highest BCUT2D eigenvalue weighted by atomic mass is 28.3. The molecule has 0 bridgehead atoms. The van der Waals surface area contributed by atoms with Crippen LogP contribution >= 0.6 is 0 Å². The molecule has 0 amide bonds. The lowest BCUT2D eigenvalue weighted by Crippen LogP contribution is -2.39. The summed E-state index contributed by atoms with van der Waals surface area (Å²) in [4.78, 5) is 12.7. The van der Waals surface area contributed by atoms with Crippen LogP contribution in [0.15, 0.2) is 273 Å². The lowest BCUT2D eigenvalue weighted by molar-refractivity contribution is 0.0697. The molecule has 71 heavy (non-hydrogen) atoms. The van der Waals surface area contributed by atoms with E-state index in [4.69, 9.17) is 0 Å². The molecule has 9 aromatic carbocycles. The van der Waals surface area contributed by atoms with E-state index < -0.39 is 22.1 Å². The summed E-state index contributed by atoms with van der Waals surface area (Å²) in [6.07, 6.45) is 0. The third-order valence-corrected chi connectivity index (χ3v) is 23.4. The Bertz CT molecular complexity index is 3350. The zero-order chi connectivity index (χ0) is 48.4. The maximum atomic E-state index is 12.7. The van der Waals surface area contributed by atoms with Crippen LogP contribution in [0, 0.1) is 0 Å². The first kappa shape index (κ1) is 45.1. The average Bonchev–Trinajstić information content (AvgIpc) is 3.88. The van der Waals surface area contributed by atoms with Gasteiger partial charge in [0.25, 0.3) is 0 Å². The van der Waals surface area contributed by atoms with Gasteiger partial charge in [-0.3, -0.25) is 0 Å². The van der Waals surface area contributed by atoms with E-state index in [1.165, 1.54) is 81.7 Å². The Hall–Kier alpha value is -8.42. The van der Waals surface area contributed by atoms with Crippen molar-refractivity contribution in [1.82, 2.24) is 0 Å². The van der Waals surface area contributed by atoms with E-state index in [-0.39, 0.29) is 5.56 Å². The smallest absolute Gasteiger partial charge is 0.335 e. The summed E-state index contributed by atoms with van der Waals surface area (Å²) in [5.41, 5.74) is 18.4. The molecule has 2 heterocycles. The summed E-state index contributed by atoms with van der Waals surface area (Å²) >= 11 is 0. The van der Waals surface area contributed by atoms with Crippen molar-refractivity contribution in [3.05, 3.63) is 328 Å². The number of rotatable bonds is 12. The monoisotopic (exact) mass is 944 g/mol. The van der Waals surface area contributed by atoms with Crippen molar-refractivity contribution in [2.24, 2.45) is 0 Å². The van der Waals surface area contributed by atoms with Crippen LogP contribution in [0.4, 0.5) is 0 Å². The molecule has 0 aromatic heterocycles. The predicted octanol–water partition coefficient (Wildman–Crippen LogP) is 16.6. The number of carboxylic acid groups (broad SMARTS) is 1. The Kier molecular flexibility index (Phi) is 12.2. The molecule has 2 aliphatic rings. The highest BCUT2D eigenvalue weighted by Crippen LogP contribution is 2.62. The second kappa shape index (κ2) is 19.2. The molecule has 2 nitrogen and oxygen atoms in total. The first-order chi connectivity index (χ1) is 34.9. The number of carbonyl (C=O) groups is 1. The molecule has 0 aliphatic carbocycles. The van der Waals surface area contributed by atoms with Crippen LogP contribution in [-0.2, 0) is 0 Å². The first-order valence-electron chi connectivity index (χ1n) is 24.4. The van der Waals surface area contributed by atoms with Crippen molar-refractivity contribution < 1.29 is 9.90 Å². The van der Waals surface area contributed by atoms with Crippen molar-refractivity contribution in [1.29, 1.82) is 0 Å². The third kappa shape index (κ3) is 8.07. The third-order valence-electron chi connectivity index (χ3n) is 14.5. The number of benzene rings is 9. The van der Waals surface area contributed by atoms with Crippen LogP contribution in [-0.4, -0.2) is 27.2 Å². The fourth-order valence-corrected chi connectivity index (χ4v) is 22.5. The van der Waals surface area contributed by atoms with Gasteiger partial charge in [-0.1, -0.05) is 274 Å². The van der Waals surface area contributed by atoms with E-state index in [9.17, 15) is 9.90 Å². The Morgan fingerprint density at radius 3 is 0.803 bits per heavy atom. The van der Waals surface area contributed by atoms with Crippen LogP contribution in [0.25, 0.3) is 48.3 Å². The molecule has 0 atom stereocenters. The molecule has 11 rings (SSSR count). The van der Waals surface area contributed by atoms with E-state index in [1.807, 2.05) is 0 Å². The largest absolute Gasteiger partial charge is 0.478 e. The van der Waals surface area contributed by atoms with Gasteiger partial charge in [0.2, 0.25) is 0 Å². The molecule has 0 saturated carbocycles. The first-order valence-corrected chi connectivity index (χ1v) is 29.4. The van der Waals surface area contributed by atoms with Gasteiger partial charge < -0.3 is 5.11 Å². The second-order valence-corrected chi connectivity index (χ2v) is 26.2. The number of allylic oxidation sites excluding steroid dienone is 4. The molecule has 0 radical (unpaired) electrons. The van der Waals surface area contributed by atoms with Crippen molar-refractivity contribution in [3.63, 3.8) is 0 Å². The average molecular weight is 945 g/mol. The minimum atomic E-state index is -3.35. The van der Waals surface area contributed by atoms with Crippen molar-refractivity contribution in [2.45, 2.75) is 13.1 Å². The molecule has 340 valence electrons. The van der Waals surface area contributed by atoms with Crippen molar-refractivity contribution in [2.75, 3.05) is 0 Å². The fourth-order valence-electron chi connectivity index (χ4n) is 11.5. The van der Waals surface area contributed by atoms with Crippen LogP contribution < -0.4 is 0 Å². The van der Waals surface area contributed by atoms with Gasteiger partial charge in [-0.05, 0) is 110 Å². The molecule has 0 fully saturated rings. The lowest BCUT2D eigenvalue weighted by atomic mass is 9.89. The molecule has 2 aliphatic heterocycles. The van der Waals surface area contributed by atoms with Gasteiger partial charge >= 0.3 is 5.97 Å². The fraction of sp³-hybridized carbons (Fsp3) is 0.0299. The molecule has 9 aromatic rings. The summed E-state index contributed by atoms with van der Waals surface area (Å²) < 4.78 is 0. The summed E-state index contributed by atoms with van der Waals surface area (Å²) in [6, 6.07) is 95.9. The van der Waals surface area contributed by atoms with Crippen LogP contribution in [0.2, 0.25) is 13.1 Å². The van der Waals surface area contributed by atoms with Crippen LogP contribution in [0.3, 0.4) is 0 Å². The van der Waals surface area contributed by atoms with Gasteiger partial charge in [-0.2, -0.15) is 0 Å². The van der Waals surface area contributed by atoms with Crippen LogP contribution in [0.1, 0.15) is 60.4 Å². The Balaban J connectivity index is 1.38. The Labute approximate surface area is 419 Å². The van der Waals surface area contributed by atoms with Gasteiger partial charge in [0.1, 0.15) is 16.1 Å². The molecular weight excluding hydrogens is 893 g/mol. The minimum Gasteiger partial charge on any atom is -0.478 e. The maximum absolute atomic E-state index is 12.7. The quantitative estimate of drug-likeness (QED) is 0.124. The van der Waals surface area contributed by atoms with E-state index in [0.717, 1.165) is 16.7 Å². The van der Waals surface area contributed by atoms with E-state index in [2.05, 4.69) is 274 Å². The van der Waals surface area contributed by atoms with E-state index in [0.29, 0.717) is 0 Å². The zero-order valence-electron chi connectivity index (χ0n) is 39.8. The van der Waals surface area contributed by atoms with Gasteiger partial charge in [0.05, 0.1) is 5.56 Å². The lowest BCUT2D eigenvalue weighted by Gasteiger charge is -2.37. The molecule has 0 spiro atoms. The highest BCUT2D eigenvalue weighted by molar-refractivity contribution is 7.27. The van der Waals surface area contributed by atoms with Gasteiger partial charge in [-0.25, -0.2) is 4.79 Å². The summed E-state index contributed by atoms with van der Waals surface area (Å²) in [7, 11) is -6.56. The van der Waals surface area contributed by atoms with E-state index in [1.54, 1.807) is 12.1 Å². The summed E-state index contributed by atoms with van der Waals surface area (Å²) in [5, 5.41) is 17.0. The highest BCUT2D eigenvalue weighted by Gasteiger charge is 2.53. The number of carboxylic acids is 1. The molecule has 0 unspecified atom stereocenters. The topological polar surface area (TPSA) is 37.3 Å². The Morgan fingerprint density at radius 2 is 0.535 bits per heavy atom. The standard InChI is InChI=1S/C67H52O2Si2/c1-70(63(53-35-19-7-20-36-53)59(49-27-11-3-12-28-49)60(50-29-13-4-14-30-50)64(70)54-37-21-8-22-38-54)47-58(48-43-45-57(46-44-48)67(68)69)71(2)65(55-39-23-9-24-40-55)61(51-31-15-5-16-32-51)62(52-33-17-6-18-34-52)66(71)56-41-25-10-26-42-56/h3-47H,1-2H3,(H,68,69)/b58-47+. The molecular formula is C67H52O2Si2. The van der Waals surface area contributed by atoms with Gasteiger partial charge in [0, 0.05) is 0 Å². The SMILES string of the molecule is C[Si]1(/C=C(\c2ccc(C(=O)O)cc2)[Si]2(C)C(c3ccccc3)=C(c3ccccc3)C(c3ccccc3)=C2c2ccccc2)C(c2ccccc2)=C(c2ccccc2)C(c2ccccc2)=C1c1ccccc1. The van der Waals surface area contributed by atoms with Crippen molar-refractivity contribution in [3.8, 4) is 0 Å². The number of hydrogen-bond donors (Lipinski definition) is 1. The predicted molar refractivity (Wildman–Crippen MR) is 303 cm³/mol. The molecule has 1 N–H and O–H groups in total. The zero-order valence-corrected chi connectivity index (χ0v) is 41.8. The van der Waals surface area contributed by atoms with E-state index >= 15 is 0 Å². The molecule has 4 heteroatoms. The maximum Gasteiger partial charge on any atom is 0.335 e. The van der Waals surface area contributed by atoms with Crippen molar-refractivity contribution >= 4 is 70.4 Å². The minimum absolute atomic E-state index is 0.260. The van der Waals surface area contributed by atoms with Gasteiger partial charge in [0.15, 0.2) is 0 Å². The van der Waals surface area contributed by atoms with Gasteiger partial charge in [-0.15, -0.1) is 0 Å². The second-order valence-electron chi connectivity index (χ2n) is 18.7. The summed E-state index contributed by atoms with van der Waals surface area (Å²) in [5.74, 6) is -0.945. The summed E-state index contributed by atoms with van der Waals surface area (Å²) in [6.45, 7) is 5.15.